The molecule has 3 atom stereocenters. The molecule has 3 heteroatoms. The minimum Gasteiger partial charge on any atom is -0.389 e. The van der Waals surface area contributed by atoms with Crippen LogP contribution < -0.4 is 0 Å². The largest absolute Gasteiger partial charge is 0.389 e. The van der Waals surface area contributed by atoms with Crippen molar-refractivity contribution in [2.75, 3.05) is 0 Å². The van der Waals surface area contributed by atoms with Gasteiger partial charge in [-0.15, -0.1) is 0 Å². The van der Waals surface area contributed by atoms with Crippen LogP contribution in [0.5, 0.6) is 0 Å². The van der Waals surface area contributed by atoms with E-state index in [1.165, 1.54) is 0 Å². The monoisotopic (exact) mass is 316 g/mol. The number of hydrogen-bond donors (Lipinski definition) is 3. The van der Waals surface area contributed by atoms with Crippen molar-refractivity contribution in [2.45, 2.75) is 64.3 Å². The lowest BCUT2D eigenvalue weighted by Crippen LogP contribution is -2.01. The van der Waals surface area contributed by atoms with Crippen LogP contribution in [0.15, 0.2) is 36.5 Å². The molecule has 0 bridgehead atoms. The highest BCUT2D eigenvalue weighted by molar-refractivity contribution is 5.22. The molecule has 0 aromatic carbocycles. The lowest BCUT2D eigenvalue weighted by molar-refractivity contribution is 0.218. The molecular weight excluding hydrogens is 288 g/mol. The zero-order valence-corrected chi connectivity index (χ0v) is 14.1. The van der Waals surface area contributed by atoms with Gasteiger partial charge in [-0.05, 0) is 31.1 Å². The molecule has 3 nitrogen and oxygen atoms in total. The summed E-state index contributed by atoms with van der Waals surface area (Å²) >= 11 is 0. The van der Waals surface area contributed by atoms with Crippen LogP contribution in [0.25, 0.3) is 0 Å². The smallest absolute Gasteiger partial charge is 0.115 e. The molecule has 0 unspecified atom stereocenters. The Labute approximate surface area is 140 Å². The minimum absolute atomic E-state index is 0.332. The molecule has 3 N–H and O–H groups in total. The van der Waals surface area contributed by atoms with Crippen LogP contribution in [0.4, 0.5) is 0 Å². The Hall–Kier alpha value is -1.78. The van der Waals surface area contributed by atoms with Gasteiger partial charge in [0.25, 0.3) is 0 Å². The maximum absolute atomic E-state index is 9.67. The van der Waals surface area contributed by atoms with E-state index < -0.39 is 18.3 Å². The SMILES string of the molecule is CCCC[C@H](O)C#C/C=C/C=C/[C@H](O)CC#C/C=C/[C@H](O)CC. The number of unbranched alkanes of at least 4 members (excludes halogenated alkanes) is 1. The molecule has 0 aromatic heterocycles. The van der Waals surface area contributed by atoms with Crippen molar-refractivity contribution in [3.63, 3.8) is 0 Å². The number of aliphatic hydroxyl groups excluding tert-OH is 3. The highest BCUT2D eigenvalue weighted by Crippen LogP contribution is 1.98. The first-order valence-electron chi connectivity index (χ1n) is 8.13. The van der Waals surface area contributed by atoms with Gasteiger partial charge in [0.2, 0.25) is 0 Å². The zero-order chi connectivity index (χ0) is 17.3. The van der Waals surface area contributed by atoms with Crippen LogP contribution >= 0.6 is 0 Å². The second-order valence-electron chi connectivity index (χ2n) is 5.12. The minimum atomic E-state index is -0.639. The van der Waals surface area contributed by atoms with Crippen molar-refractivity contribution in [3.8, 4) is 23.7 Å². The maximum atomic E-state index is 9.67. The Morgan fingerprint density at radius 2 is 1.70 bits per heavy atom. The summed E-state index contributed by atoms with van der Waals surface area (Å²) in [5.41, 5.74) is 0. The lowest BCUT2D eigenvalue weighted by atomic mass is 10.2. The van der Waals surface area contributed by atoms with Gasteiger partial charge in [-0.1, -0.05) is 68.6 Å². The average molecular weight is 316 g/mol. The van der Waals surface area contributed by atoms with Gasteiger partial charge in [-0.2, -0.15) is 0 Å². The predicted octanol–water partition coefficient (Wildman–Crippen LogP) is 2.73. The Bertz CT molecular complexity index is 494. The fourth-order valence-corrected chi connectivity index (χ4v) is 1.50. The Balaban J connectivity index is 4.03. The van der Waals surface area contributed by atoms with Crippen molar-refractivity contribution in [3.05, 3.63) is 36.5 Å². The van der Waals surface area contributed by atoms with Crippen LogP contribution in [-0.2, 0) is 0 Å². The van der Waals surface area contributed by atoms with Crippen LogP contribution in [0.1, 0.15) is 46.0 Å². The van der Waals surface area contributed by atoms with E-state index in [1.807, 2.05) is 6.92 Å². The first kappa shape index (κ1) is 21.2. The summed E-state index contributed by atoms with van der Waals surface area (Å²) < 4.78 is 0. The standard InChI is InChI=1S/C20H28O3/c1-3-5-13-19(22)15-9-6-7-10-16-20(23)17-12-8-11-14-18(21)4-2/h6-7,10-11,14,16,18-23H,3-5,13,17H2,1-2H3/b7-6+,14-11+,16-10+/t18-,19+,20+/m1/s1. The third-order valence-corrected chi connectivity index (χ3v) is 2.94. The molecule has 0 aromatic rings. The summed E-state index contributed by atoms with van der Waals surface area (Å²) in [6.07, 6.45) is 12.0. The van der Waals surface area contributed by atoms with Crippen molar-refractivity contribution in [1.29, 1.82) is 0 Å². The second-order valence-corrected chi connectivity index (χ2v) is 5.12. The Kier molecular flexibility index (Phi) is 14.0. The van der Waals surface area contributed by atoms with Crippen LogP contribution in [0.3, 0.4) is 0 Å². The summed E-state index contributed by atoms with van der Waals surface area (Å²) in [5, 5.41) is 28.5. The highest BCUT2D eigenvalue weighted by Gasteiger charge is 1.95. The van der Waals surface area contributed by atoms with E-state index in [0.29, 0.717) is 19.3 Å². The van der Waals surface area contributed by atoms with E-state index in [2.05, 4.69) is 30.6 Å². The van der Waals surface area contributed by atoms with E-state index in [-0.39, 0.29) is 0 Å². The Morgan fingerprint density at radius 1 is 0.913 bits per heavy atom. The van der Waals surface area contributed by atoms with Crippen LogP contribution in [-0.4, -0.2) is 33.6 Å². The number of allylic oxidation sites excluding steroid dienone is 4. The predicted molar refractivity (Wildman–Crippen MR) is 95.4 cm³/mol. The van der Waals surface area contributed by atoms with Gasteiger partial charge in [0.15, 0.2) is 0 Å². The van der Waals surface area contributed by atoms with Gasteiger partial charge in [-0.3, -0.25) is 0 Å². The third kappa shape index (κ3) is 14.9. The average Bonchev–Trinajstić information content (AvgIpc) is 2.55. The number of hydrogen-bond acceptors (Lipinski definition) is 3. The molecule has 0 rings (SSSR count). The summed E-state index contributed by atoms with van der Waals surface area (Å²) in [6.45, 7) is 3.96. The molecule has 0 spiro atoms. The fourth-order valence-electron chi connectivity index (χ4n) is 1.50. The van der Waals surface area contributed by atoms with E-state index in [1.54, 1.807) is 36.5 Å². The number of aliphatic hydroxyl groups is 3. The first-order valence-corrected chi connectivity index (χ1v) is 8.13. The van der Waals surface area contributed by atoms with Gasteiger partial charge in [-0.25, -0.2) is 0 Å². The van der Waals surface area contributed by atoms with E-state index in [0.717, 1.165) is 12.8 Å². The summed E-state index contributed by atoms with van der Waals surface area (Å²) in [6, 6.07) is 0. The molecule has 0 aliphatic rings. The molecule has 23 heavy (non-hydrogen) atoms. The summed E-state index contributed by atoms with van der Waals surface area (Å²) in [7, 11) is 0. The summed E-state index contributed by atoms with van der Waals surface area (Å²) in [5.74, 6) is 11.1. The molecule has 126 valence electrons. The molecule has 0 saturated heterocycles. The maximum Gasteiger partial charge on any atom is 0.115 e. The van der Waals surface area contributed by atoms with Crippen LogP contribution in [0.2, 0.25) is 0 Å². The topological polar surface area (TPSA) is 60.7 Å². The molecule has 0 fully saturated rings. The van der Waals surface area contributed by atoms with Gasteiger partial charge in [0.1, 0.15) is 6.10 Å². The van der Waals surface area contributed by atoms with Crippen molar-refractivity contribution in [2.24, 2.45) is 0 Å². The first-order chi connectivity index (χ1) is 11.1. The highest BCUT2D eigenvalue weighted by atomic mass is 16.3. The van der Waals surface area contributed by atoms with Gasteiger partial charge < -0.3 is 15.3 Å². The van der Waals surface area contributed by atoms with E-state index in [4.69, 9.17) is 0 Å². The normalized spacial score (nSPS) is 15.2. The van der Waals surface area contributed by atoms with E-state index in [9.17, 15) is 15.3 Å². The van der Waals surface area contributed by atoms with Gasteiger partial charge >= 0.3 is 0 Å². The molecule has 0 amide bonds. The lowest BCUT2D eigenvalue weighted by Gasteiger charge is -1.98. The second kappa shape index (κ2) is 15.1. The Morgan fingerprint density at radius 3 is 2.39 bits per heavy atom. The van der Waals surface area contributed by atoms with Crippen molar-refractivity contribution in [1.82, 2.24) is 0 Å². The summed E-state index contributed by atoms with van der Waals surface area (Å²) in [4.78, 5) is 0. The molecule has 0 heterocycles. The quantitative estimate of drug-likeness (QED) is 0.477. The molecule has 0 aliphatic carbocycles. The molecule has 0 aliphatic heterocycles. The van der Waals surface area contributed by atoms with Crippen molar-refractivity contribution >= 4 is 0 Å². The molecular formula is C20H28O3. The molecule has 0 radical (unpaired) electrons. The van der Waals surface area contributed by atoms with Crippen LogP contribution in [0, 0.1) is 23.7 Å². The number of rotatable bonds is 8. The fraction of sp³-hybridized carbons (Fsp3) is 0.500. The zero-order valence-electron chi connectivity index (χ0n) is 14.1. The third-order valence-electron chi connectivity index (χ3n) is 2.94. The van der Waals surface area contributed by atoms with Crippen molar-refractivity contribution < 1.29 is 15.3 Å². The van der Waals surface area contributed by atoms with Gasteiger partial charge in [0, 0.05) is 6.42 Å². The van der Waals surface area contributed by atoms with E-state index >= 15 is 0 Å². The van der Waals surface area contributed by atoms with Gasteiger partial charge in [0.05, 0.1) is 12.2 Å². The molecule has 0 saturated carbocycles.